The van der Waals surface area contributed by atoms with Crippen molar-refractivity contribution >= 4 is 13.6 Å². The maximum absolute atomic E-state index is 2.46. The van der Waals surface area contributed by atoms with Gasteiger partial charge in [0.25, 0.3) is 0 Å². The fourth-order valence-corrected chi connectivity index (χ4v) is 4.19. The van der Waals surface area contributed by atoms with Crippen molar-refractivity contribution in [2.24, 2.45) is 0 Å². The summed E-state index contributed by atoms with van der Waals surface area (Å²) in [6.45, 7) is 9.63. The van der Waals surface area contributed by atoms with E-state index in [-0.39, 0.29) is 0 Å². The third-order valence-electron chi connectivity index (χ3n) is 3.60. The van der Waals surface area contributed by atoms with Crippen molar-refractivity contribution in [2.45, 2.75) is 58.3 Å². The standard InChI is InChI=1S/C17H27NSi/c1-5-6-7-10-16-13-15(14-19(2,3)4)17-11-8-9-12-18(16)17/h8-9,11-13H,5-7,10,14H2,1-4H3. The number of rotatable bonds is 6. The number of pyridine rings is 1. The number of nitrogens with zero attached hydrogens (tertiary/aromatic N) is 1. The zero-order chi connectivity index (χ0) is 13.9. The molecule has 0 unspecified atom stereocenters. The molecule has 0 saturated carbocycles. The first-order valence-corrected chi connectivity index (χ1v) is 11.3. The van der Waals surface area contributed by atoms with Crippen molar-refractivity contribution in [3.8, 4) is 0 Å². The normalized spacial score (nSPS) is 12.2. The van der Waals surface area contributed by atoms with Gasteiger partial charge in [-0.1, -0.05) is 45.5 Å². The Bertz CT molecular complexity index is 534. The van der Waals surface area contributed by atoms with Crippen molar-refractivity contribution in [1.29, 1.82) is 0 Å². The number of aromatic nitrogens is 1. The Hall–Kier alpha value is -1.02. The molecule has 2 heteroatoms. The first-order chi connectivity index (χ1) is 9.01. The SMILES string of the molecule is CCCCCc1cc(C[Si](C)(C)C)c2ccccn12. The highest BCUT2D eigenvalue weighted by Gasteiger charge is 2.17. The Kier molecular flexibility index (Phi) is 4.51. The van der Waals surface area contributed by atoms with Crippen LogP contribution in [0.3, 0.4) is 0 Å². The van der Waals surface area contributed by atoms with E-state index in [1.807, 2.05) is 0 Å². The van der Waals surface area contributed by atoms with E-state index in [2.05, 4.69) is 61.4 Å². The molecule has 0 atom stereocenters. The molecule has 0 radical (unpaired) electrons. The Balaban J connectivity index is 2.31. The molecule has 19 heavy (non-hydrogen) atoms. The number of aryl methyl sites for hydroxylation is 1. The molecule has 2 heterocycles. The van der Waals surface area contributed by atoms with E-state index in [1.165, 1.54) is 42.9 Å². The summed E-state index contributed by atoms with van der Waals surface area (Å²) in [6.07, 6.45) is 7.38. The maximum Gasteiger partial charge on any atom is 0.0488 e. The van der Waals surface area contributed by atoms with Crippen LogP contribution in [-0.2, 0) is 12.5 Å². The molecule has 0 amide bonds. The van der Waals surface area contributed by atoms with E-state index in [0.717, 1.165) is 0 Å². The van der Waals surface area contributed by atoms with E-state index >= 15 is 0 Å². The molecule has 0 aliphatic carbocycles. The molecule has 104 valence electrons. The molecule has 0 saturated heterocycles. The van der Waals surface area contributed by atoms with Crippen LogP contribution in [0.25, 0.3) is 5.52 Å². The number of fused-ring (bicyclic) bond motifs is 1. The molecule has 0 spiro atoms. The van der Waals surface area contributed by atoms with Crippen molar-refractivity contribution in [1.82, 2.24) is 4.40 Å². The van der Waals surface area contributed by atoms with E-state index in [1.54, 1.807) is 5.56 Å². The second kappa shape index (κ2) is 5.95. The summed E-state index contributed by atoms with van der Waals surface area (Å²) in [5.41, 5.74) is 4.49. The summed E-state index contributed by atoms with van der Waals surface area (Å²) >= 11 is 0. The lowest BCUT2D eigenvalue weighted by molar-refractivity contribution is 0.704. The highest BCUT2D eigenvalue weighted by molar-refractivity contribution is 6.75. The molecule has 2 aromatic heterocycles. The van der Waals surface area contributed by atoms with Crippen LogP contribution in [0.5, 0.6) is 0 Å². The van der Waals surface area contributed by atoms with Gasteiger partial charge in [-0.3, -0.25) is 0 Å². The molecule has 0 N–H and O–H groups in total. The van der Waals surface area contributed by atoms with Gasteiger partial charge in [-0.2, -0.15) is 0 Å². The summed E-state index contributed by atoms with van der Waals surface area (Å²) in [5, 5.41) is 0. The van der Waals surface area contributed by atoms with Crippen LogP contribution in [0.4, 0.5) is 0 Å². The van der Waals surface area contributed by atoms with E-state index < -0.39 is 8.07 Å². The van der Waals surface area contributed by atoms with Gasteiger partial charge in [0, 0.05) is 25.5 Å². The van der Waals surface area contributed by atoms with Crippen LogP contribution in [-0.4, -0.2) is 12.5 Å². The van der Waals surface area contributed by atoms with Crippen molar-refractivity contribution < 1.29 is 0 Å². The van der Waals surface area contributed by atoms with E-state index in [0.29, 0.717) is 0 Å². The molecule has 0 bridgehead atoms. The van der Waals surface area contributed by atoms with Crippen LogP contribution in [0.15, 0.2) is 30.5 Å². The lowest BCUT2D eigenvalue weighted by atomic mass is 10.1. The van der Waals surface area contributed by atoms with Crippen LogP contribution in [0.1, 0.15) is 37.4 Å². The highest BCUT2D eigenvalue weighted by Crippen LogP contribution is 2.22. The minimum absolute atomic E-state index is 1.05. The molecular formula is C17H27NSi. The summed E-state index contributed by atoms with van der Waals surface area (Å²) in [4.78, 5) is 0. The highest BCUT2D eigenvalue weighted by atomic mass is 28.3. The summed E-state index contributed by atoms with van der Waals surface area (Å²) < 4.78 is 2.41. The lowest BCUT2D eigenvalue weighted by Gasteiger charge is -2.14. The van der Waals surface area contributed by atoms with E-state index in [4.69, 9.17) is 0 Å². The maximum atomic E-state index is 2.46. The second-order valence-electron chi connectivity index (χ2n) is 6.81. The Morgan fingerprint density at radius 3 is 2.58 bits per heavy atom. The molecule has 0 aromatic carbocycles. The summed E-state index contributed by atoms with van der Waals surface area (Å²) in [5.74, 6) is 0. The minimum atomic E-state index is -1.05. The first-order valence-electron chi connectivity index (χ1n) is 7.59. The molecule has 0 aliphatic rings. The fraction of sp³-hybridized carbons (Fsp3) is 0.529. The average Bonchev–Trinajstić information content (AvgIpc) is 2.67. The van der Waals surface area contributed by atoms with Crippen LogP contribution in [0, 0.1) is 0 Å². The van der Waals surface area contributed by atoms with Crippen molar-refractivity contribution in [3.63, 3.8) is 0 Å². The topological polar surface area (TPSA) is 4.41 Å². The lowest BCUT2D eigenvalue weighted by Crippen LogP contribution is -2.23. The van der Waals surface area contributed by atoms with Gasteiger partial charge in [0.15, 0.2) is 0 Å². The Morgan fingerprint density at radius 2 is 1.89 bits per heavy atom. The molecule has 0 fully saturated rings. The molecular weight excluding hydrogens is 246 g/mol. The molecule has 2 rings (SSSR count). The van der Waals surface area contributed by atoms with Gasteiger partial charge in [0.1, 0.15) is 0 Å². The predicted octanol–water partition coefficient (Wildman–Crippen LogP) is 5.09. The van der Waals surface area contributed by atoms with Gasteiger partial charge in [0.05, 0.1) is 0 Å². The van der Waals surface area contributed by atoms with E-state index in [9.17, 15) is 0 Å². The van der Waals surface area contributed by atoms with Crippen molar-refractivity contribution in [3.05, 3.63) is 41.7 Å². The zero-order valence-electron chi connectivity index (χ0n) is 12.9. The first kappa shape index (κ1) is 14.4. The molecule has 1 nitrogen and oxygen atoms in total. The third kappa shape index (κ3) is 3.72. The van der Waals surface area contributed by atoms with Crippen LogP contribution < -0.4 is 0 Å². The number of unbranched alkanes of at least 4 members (excludes halogenated alkanes) is 2. The fourth-order valence-electron chi connectivity index (χ4n) is 2.76. The zero-order valence-corrected chi connectivity index (χ0v) is 13.9. The van der Waals surface area contributed by atoms with Gasteiger partial charge < -0.3 is 4.40 Å². The molecule has 0 aliphatic heterocycles. The minimum Gasteiger partial charge on any atom is -0.321 e. The Morgan fingerprint density at radius 1 is 1.11 bits per heavy atom. The average molecular weight is 273 g/mol. The van der Waals surface area contributed by atoms with Gasteiger partial charge in [-0.25, -0.2) is 0 Å². The smallest absolute Gasteiger partial charge is 0.0488 e. The molecule has 2 aromatic rings. The monoisotopic (exact) mass is 273 g/mol. The van der Waals surface area contributed by atoms with Crippen LogP contribution >= 0.6 is 0 Å². The van der Waals surface area contributed by atoms with Crippen molar-refractivity contribution in [2.75, 3.05) is 0 Å². The van der Waals surface area contributed by atoms with Gasteiger partial charge in [-0.05, 0) is 42.6 Å². The summed E-state index contributed by atoms with van der Waals surface area (Å²) in [7, 11) is -1.05. The Labute approximate surface area is 118 Å². The van der Waals surface area contributed by atoms with Gasteiger partial charge in [0.2, 0.25) is 0 Å². The number of hydrogen-bond acceptors (Lipinski definition) is 0. The summed E-state index contributed by atoms with van der Waals surface area (Å²) in [6, 6.07) is 10.3. The predicted molar refractivity (Wildman–Crippen MR) is 87.7 cm³/mol. The second-order valence-corrected chi connectivity index (χ2v) is 12.3. The number of hydrogen-bond donors (Lipinski definition) is 0. The largest absolute Gasteiger partial charge is 0.321 e. The van der Waals surface area contributed by atoms with Crippen LogP contribution in [0.2, 0.25) is 19.6 Å². The van der Waals surface area contributed by atoms with Gasteiger partial charge in [-0.15, -0.1) is 0 Å². The quantitative estimate of drug-likeness (QED) is 0.510. The third-order valence-corrected chi connectivity index (χ3v) is 5.04. The van der Waals surface area contributed by atoms with Gasteiger partial charge >= 0.3 is 0 Å².